The number of hydrogen-bond acceptors (Lipinski definition) is 3. The lowest BCUT2D eigenvalue weighted by atomic mass is 10.0. The third-order valence-corrected chi connectivity index (χ3v) is 2.40. The van der Waals surface area contributed by atoms with Crippen LogP contribution >= 0.6 is 23.2 Å². The number of allylic oxidation sites excluding steroid dienone is 1. The maximum atomic E-state index is 11.2. The van der Waals surface area contributed by atoms with Crippen molar-refractivity contribution in [3.05, 3.63) is 12.7 Å². The van der Waals surface area contributed by atoms with Crippen molar-refractivity contribution in [3.8, 4) is 0 Å². The van der Waals surface area contributed by atoms with Crippen molar-refractivity contribution in [2.75, 3.05) is 0 Å². The first-order valence-corrected chi connectivity index (χ1v) is 4.31. The predicted octanol–water partition coefficient (Wildman–Crippen LogP) is 0.328. The van der Waals surface area contributed by atoms with Crippen LogP contribution in [0.5, 0.6) is 0 Å². The molecule has 0 bridgehead atoms. The SMILES string of the molecule is C=CC(Cl)(Cl)C1C(=O)NC(=O)NC1=O. The van der Waals surface area contributed by atoms with Gasteiger partial charge in [-0.25, -0.2) is 4.79 Å². The molecule has 4 amide bonds. The largest absolute Gasteiger partial charge is 0.328 e. The second-order valence-corrected chi connectivity index (χ2v) is 4.06. The van der Waals surface area contributed by atoms with Gasteiger partial charge in [-0.15, -0.1) is 6.58 Å². The van der Waals surface area contributed by atoms with Crippen molar-refractivity contribution >= 4 is 41.0 Å². The normalized spacial score (nSPS) is 18.9. The molecule has 0 atom stereocenters. The average Bonchev–Trinajstić information content (AvgIpc) is 2.01. The summed E-state index contributed by atoms with van der Waals surface area (Å²) in [6.45, 7) is 3.29. The Morgan fingerprint density at radius 1 is 1.21 bits per heavy atom. The molecule has 1 aliphatic heterocycles. The molecule has 2 N–H and O–H groups in total. The molecule has 76 valence electrons. The van der Waals surface area contributed by atoms with Crippen LogP contribution in [0.3, 0.4) is 0 Å². The molecule has 1 fully saturated rings. The van der Waals surface area contributed by atoms with Crippen molar-refractivity contribution in [2.45, 2.75) is 4.33 Å². The van der Waals surface area contributed by atoms with E-state index in [0.29, 0.717) is 0 Å². The maximum Gasteiger partial charge on any atom is 0.328 e. The fraction of sp³-hybridized carbons (Fsp3) is 0.286. The molecule has 0 aliphatic carbocycles. The Labute approximate surface area is 89.4 Å². The third-order valence-electron chi connectivity index (χ3n) is 1.65. The molecule has 0 saturated carbocycles. The zero-order valence-corrected chi connectivity index (χ0v) is 8.35. The molecule has 0 radical (unpaired) electrons. The number of hydrogen-bond donors (Lipinski definition) is 2. The van der Waals surface area contributed by atoms with Gasteiger partial charge in [0.15, 0.2) is 10.3 Å². The first-order valence-electron chi connectivity index (χ1n) is 3.55. The molecule has 1 saturated heterocycles. The standard InChI is InChI=1S/C7H6Cl2N2O3/c1-2-7(8,9)3-4(12)10-6(14)11-5(3)13/h2-3H,1H2,(H2,10,11,12,13,14). The lowest BCUT2D eigenvalue weighted by molar-refractivity contribution is -0.135. The summed E-state index contributed by atoms with van der Waals surface area (Å²) >= 11 is 11.3. The Bertz CT molecular complexity index is 307. The maximum absolute atomic E-state index is 11.2. The molecular weight excluding hydrogens is 231 g/mol. The van der Waals surface area contributed by atoms with Crippen LogP contribution in [0.1, 0.15) is 0 Å². The van der Waals surface area contributed by atoms with Gasteiger partial charge in [0, 0.05) is 0 Å². The Morgan fingerprint density at radius 2 is 1.64 bits per heavy atom. The van der Waals surface area contributed by atoms with Gasteiger partial charge in [0.1, 0.15) is 0 Å². The molecule has 1 rings (SSSR count). The van der Waals surface area contributed by atoms with E-state index in [4.69, 9.17) is 23.2 Å². The van der Waals surface area contributed by atoms with Crippen LogP contribution in [0.25, 0.3) is 0 Å². The molecular formula is C7H6Cl2N2O3. The van der Waals surface area contributed by atoms with Gasteiger partial charge in [-0.3, -0.25) is 20.2 Å². The topological polar surface area (TPSA) is 75.3 Å². The highest BCUT2D eigenvalue weighted by molar-refractivity contribution is 6.52. The number of alkyl halides is 2. The van der Waals surface area contributed by atoms with E-state index in [9.17, 15) is 14.4 Å². The quantitative estimate of drug-likeness (QED) is 0.412. The number of nitrogens with one attached hydrogen (secondary N) is 2. The molecule has 7 heteroatoms. The smallest absolute Gasteiger partial charge is 0.277 e. The number of carbonyl (C=O) groups is 3. The van der Waals surface area contributed by atoms with Crippen LogP contribution in [0.2, 0.25) is 0 Å². The van der Waals surface area contributed by atoms with E-state index in [2.05, 4.69) is 6.58 Å². The van der Waals surface area contributed by atoms with E-state index < -0.39 is 28.1 Å². The van der Waals surface area contributed by atoms with Crippen molar-refractivity contribution in [1.29, 1.82) is 0 Å². The van der Waals surface area contributed by atoms with Gasteiger partial charge in [0.05, 0.1) is 0 Å². The van der Waals surface area contributed by atoms with E-state index in [-0.39, 0.29) is 0 Å². The van der Waals surface area contributed by atoms with Gasteiger partial charge in [-0.2, -0.15) is 0 Å². The first-order chi connectivity index (χ1) is 6.38. The van der Waals surface area contributed by atoms with E-state index in [0.717, 1.165) is 6.08 Å². The second-order valence-electron chi connectivity index (χ2n) is 2.62. The summed E-state index contributed by atoms with van der Waals surface area (Å²) in [7, 11) is 0. The van der Waals surface area contributed by atoms with Crippen molar-refractivity contribution < 1.29 is 14.4 Å². The zero-order chi connectivity index (χ0) is 10.9. The minimum atomic E-state index is -1.73. The van der Waals surface area contributed by atoms with Gasteiger partial charge in [0.2, 0.25) is 11.8 Å². The van der Waals surface area contributed by atoms with Crippen LogP contribution in [0.15, 0.2) is 12.7 Å². The minimum absolute atomic E-state index is 0.844. The Balaban J connectivity index is 2.99. The lowest BCUT2D eigenvalue weighted by Crippen LogP contribution is -2.59. The number of rotatable bonds is 2. The van der Waals surface area contributed by atoms with Crippen LogP contribution in [-0.2, 0) is 9.59 Å². The first kappa shape index (κ1) is 11.0. The highest BCUT2D eigenvalue weighted by atomic mass is 35.5. The highest BCUT2D eigenvalue weighted by Crippen LogP contribution is 2.32. The van der Waals surface area contributed by atoms with Crippen molar-refractivity contribution in [3.63, 3.8) is 0 Å². The Hall–Kier alpha value is -1.07. The van der Waals surface area contributed by atoms with Crippen molar-refractivity contribution in [2.24, 2.45) is 5.92 Å². The second kappa shape index (κ2) is 3.59. The fourth-order valence-electron chi connectivity index (χ4n) is 0.986. The summed E-state index contributed by atoms with van der Waals surface area (Å²) in [4.78, 5) is 33.1. The van der Waals surface area contributed by atoms with Crippen LogP contribution in [0, 0.1) is 5.92 Å². The van der Waals surface area contributed by atoms with E-state index in [1.54, 1.807) is 0 Å². The van der Waals surface area contributed by atoms with Gasteiger partial charge in [-0.05, 0) is 0 Å². The van der Waals surface area contributed by atoms with E-state index >= 15 is 0 Å². The zero-order valence-electron chi connectivity index (χ0n) is 6.84. The number of amides is 4. The molecule has 0 aromatic carbocycles. The Morgan fingerprint density at radius 3 is 2.00 bits per heavy atom. The predicted molar refractivity (Wildman–Crippen MR) is 49.8 cm³/mol. The van der Waals surface area contributed by atoms with Gasteiger partial charge < -0.3 is 0 Å². The van der Waals surface area contributed by atoms with E-state index in [1.165, 1.54) is 0 Å². The number of carbonyl (C=O) groups excluding carboxylic acids is 3. The average molecular weight is 237 g/mol. The van der Waals surface area contributed by atoms with Gasteiger partial charge >= 0.3 is 6.03 Å². The monoisotopic (exact) mass is 236 g/mol. The summed E-state index contributed by atoms with van der Waals surface area (Å²) in [6, 6.07) is -0.885. The molecule has 0 aromatic heterocycles. The summed E-state index contributed by atoms with van der Waals surface area (Å²) < 4.78 is -1.73. The lowest BCUT2D eigenvalue weighted by Gasteiger charge is -2.27. The minimum Gasteiger partial charge on any atom is -0.277 e. The highest BCUT2D eigenvalue weighted by Gasteiger charge is 2.46. The van der Waals surface area contributed by atoms with Crippen molar-refractivity contribution in [1.82, 2.24) is 10.6 Å². The summed E-state index contributed by atoms with van der Waals surface area (Å²) in [5, 5.41) is 3.75. The number of barbiturate groups is 1. The van der Waals surface area contributed by atoms with Crippen LogP contribution < -0.4 is 10.6 Å². The molecule has 0 spiro atoms. The summed E-state index contributed by atoms with van der Waals surface area (Å²) in [5.74, 6) is -3.06. The third kappa shape index (κ3) is 1.88. The summed E-state index contributed by atoms with van der Waals surface area (Å²) in [6.07, 6.45) is 1.05. The molecule has 5 nitrogen and oxygen atoms in total. The fourth-order valence-corrected chi connectivity index (χ4v) is 1.38. The molecule has 0 aromatic rings. The van der Waals surface area contributed by atoms with Crippen LogP contribution in [-0.4, -0.2) is 22.2 Å². The molecule has 14 heavy (non-hydrogen) atoms. The van der Waals surface area contributed by atoms with Gasteiger partial charge in [-0.1, -0.05) is 29.3 Å². The number of imide groups is 2. The number of halogens is 2. The molecule has 0 unspecified atom stereocenters. The summed E-state index contributed by atoms with van der Waals surface area (Å²) in [5.41, 5.74) is 0. The molecule has 1 heterocycles. The van der Waals surface area contributed by atoms with E-state index in [1.807, 2.05) is 10.6 Å². The number of urea groups is 1. The van der Waals surface area contributed by atoms with Gasteiger partial charge in [0.25, 0.3) is 0 Å². The molecule has 1 aliphatic rings. The van der Waals surface area contributed by atoms with Crippen LogP contribution in [0.4, 0.5) is 4.79 Å². The Kier molecular flexibility index (Phi) is 2.82.